The van der Waals surface area contributed by atoms with E-state index in [-0.39, 0.29) is 11.6 Å². The Kier molecular flexibility index (Phi) is 3.79. The summed E-state index contributed by atoms with van der Waals surface area (Å²) >= 11 is 0. The molecule has 6 heteroatoms. The fourth-order valence-electron chi connectivity index (χ4n) is 1.71. The minimum absolute atomic E-state index is 0.183. The minimum atomic E-state index is -0.183. The third kappa shape index (κ3) is 2.90. The van der Waals surface area contributed by atoms with Crippen LogP contribution in [-0.2, 0) is 6.42 Å². The Morgan fingerprint density at radius 3 is 2.84 bits per heavy atom. The number of aromatic amines is 1. The molecule has 0 bridgehead atoms. The van der Waals surface area contributed by atoms with Crippen molar-refractivity contribution in [3.63, 3.8) is 0 Å². The summed E-state index contributed by atoms with van der Waals surface area (Å²) < 4.78 is 0. The van der Waals surface area contributed by atoms with Crippen LogP contribution in [0.4, 0.5) is 5.69 Å². The third-order valence-corrected chi connectivity index (χ3v) is 2.97. The summed E-state index contributed by atoms with van der Waals surface area (Å²) in [4.78, 5) is 18.0. The van der Waals surface area contributed by atoms with Crippen molar-refractivity contribution in [3.8, 4) is 0 Å². The fraction of sp³-hybridized carbons (Fsp3) is 0.308. The third-order valence-electron chi connectivity index (χ3n) is 2.97. The molecule has 0 saturated carbocycles. The van der Waals surface area contributed by atoms with E-state index in [0.717, 1.165) is 5.69 Å². The highest BCUT2D eigenvalue weighted by Gasteiger charge is 2.19. The SMILES string of the molecule is Cc1[nH]nc(C(=O)N(C)CCc2ccccn2)c1N. The molecule has 2 heterocycles. The van der Waals surface area contributed by atoms with Crippen LogP contribution in [0.5, 0.6) is 0 Å². The topological polar surface area (TPSA) is 87.9 Å². The number of rotatable bonds is 4. The van der Waals surface area contributed by atoms with Crippen LogP contribution in [0.3, 0.4) is 0 Å². The van der Waals surface area contributed by atoms with Crippen LogP contribution in [-0.4, -0.2) is 39.6 Å². The zero-order valence-corrected chi connectivity index (χ0v) is 11.1. The van der Waals surface area contributed by atoms with E-state index in [1.54, 1.807) is 25.1 Å². The van der Waals surface area contributed by atoms with Crippen molar-refractivity contribution in [3.05, 3.63) is 41.5 Å². The van der Waals surface area contributed by atoms with E-state index >= 15 is 0 Å². The molecule has 0 aromatic carbocycles. The molecule has 0 aliphatic carbocycles. The Hall–Kier alpha value is -2.37. The Labute approximate surface area is 111 Å². The molecule has 0 unspecified atom stereocenters. The molecule has 1 amide bonds. The summed E-state index contributed by atoms with van der Waals surface area (Å²) in [7, 11) is 1.73. The molecule has 0 aliphatic rings. The van der Waals surface area contributed by atoms with Gasteiger partial charge in [-0.3, -0.25) is 14.9 Å². The lowest BCUT2D eigenvalue weighted by Gasteiger charge is -2.15. The normalized spacial score (nSPS) is 10.4. The molecule has 6 nitrogen and oxygen atoms in total. The van der Waals surface area contributed by atoms with E-state index in [0.29, 0.717) is 24.3 Å². The summed E-state index contributed by atoms with van der Waals surface area (Å²) in [5, 5.41) is 6.65. The first-order valence-corrected chi connectivity index (χ1v) is 6.05. The molecule has 0 spiro atoms. The maximum Gasteiger partial charge on any atom is 0.276 e. The molecule has 0 atom stereocenters. The standard InChI is InChI=1S/C13H17N5O/c1-9-11(14)12(17-16-9)13(19)18(2)8-6-10-5-3-4-7-15-10/h3-5,7H,6,8,14H2,1-2H3,(H,16,17). The number of pyridine rings is 1. The number of aromatic nitrogens is 3. The van der Waals surface area contributed by atoms with E-state index in [9.17, 15) is 4.79 Å². The molecule has 2 aromatic rings. The van der Waals surface area contributed by atoms with Gasteiger partial charge in [0, 0.05) is 31.9 Å². The van der Waals surface area contributed by atoms with Crippen molar-refractivity contribution in [2.45, 2.75) is 13.3 Å². The van der Waals surface area contributed by atoms with Crippen molar-refractivity contribution in [1.82, 2.24) is 20.1 Å². The summed E-state index contributed by atoms with van der Waals surface area (Å²) in [6, 6.07) is 5.73. The number of carbonyl (C=O) groups excluding carboxylic acids is 1. The number of nitrogens with zero attached hydrogens (tertiary/aromatic N) is 3. The predicted molar refractivity (Wildman–Crippen MR) is 72.6 cm³/mol. The number of aryl methyl sites for hydroxylation is 1. The van der Waals surface area contributed by atoms with Gasteiger partial charge in [-0.15, -0.1) is 0 Å². The summed E-state index contributed by atoms with van der Waals surface area (Å²) in [5.41, 5.74) is 8.15. The maximum absolute atomic E-state index is 12.1. The van der Waals surface area contributed by atoms with Gasteiger partial charge in [0.2, 0.25) is 0 Å². The van der Waals surface area contributed by atoms with Gasteiger partial charge in [0.25, 0.3) is 5.91 Å². The quantitative estimate of drug-likeness (QED) is 0.857. The molecule has 3 N–H and O–H groups in total. The van der Waals surface area contributed by atoms with Crippen molar-refractivity contribution < 1.29 is 4.79 Å². The fourth-order valence-corrected chi connectivity index (χ4v) is 1.71. The Balaban J connectivity index is 1.98. The van der Waals surface area contributed by atoms with Crippen LogP contribution in [0, 0.1) is 6.92 Å². The number of carbonyl (C=O) groups is 1. The number of anilines is 1. The van der Waals surface area contributed by atoms with Crippen molar-refractivity contribution >= 4 is 11.6 Å². The van der Waals surface area contributed by atoms with Crippen LogP contribution in [0.15, 0.2) is 24.4 Å². The second-order valence-corrected chi connectivity index (χ2v) is 4.41. The molecular formula is C13H17N5O. The van der Waals surface area contributed by atoms with E-state index in [1.165, 1.54) is 0 Å². The number of nitrogen functional groups attached to an aromatic ring is 1. The molecule has 19 heavy (non-hydrogen) atoms. The monoisotopic (exact) mass is 259 g/mol. The lowest BCUT2D eigenvalue weighted by molar-refractivity contribution is 0.0791. The minimum Gasteiger partial charge on any atom is -0.395 e. The lowest BCUT2D eigenvalue weighted by Crippen LogP contribution is -2.29. The van der Waals surface area contributed by atoms with Gasteiger partial charge in [-0.2, -0.15) is 5.10 Å². The average Bonchev–Trinajstić information content (AvgIpc) is 2.77. The van der Waals surface area contributed by atoms with Crippen LogP contribution in [0.2, 0.25) is 0 Å². The molecule has 100 valence electrons. The van der Waals surface area contributed by atoms with Crippen LogP contribution in [0.1, 0.15) is 21.9 Å². The van der Waals surface area contributed by atoms with Gasteiger partial charge in [-0.1, -0.05) is 6.07 Å². The van der Waals surface area contributed by atoms with Gasteiger partial charge < -0.3 is 10.6 Å². The molecular weight excluding hydrogens is 242 g/mol. The van der Waals surface area contributed by atoms with Crippen LogP contribution < -0.4 is 5.73 Å². The average molecular weight is 259 g/mol. The smallest absolute Gasteiger partial charge is 0.276 e. The highest BCUT2D eigenvalue weighted by Crippen LogP contribution is 2.14. The molecule has 2 rings (SSSR count). The van der Waals surface area contributed by atoms with E-state index in [4.69, 9.17) is 5.73 Å². The van der Waals surface area contributed by atoms with Gasteiger partial charge in [-0.25, -0.2) is 0 Å². The van der Waals surface area contributed by atoms with Gasteiger partial charge in [0.15, 0.2) is 5.69 Å². The number of amides is 1. The van der Waals surface area contributed by atoms with Crippen LogP contribution in [0.25, 0.3) is 0 Å². The first-order valence-electron chi connectivity index (χ1n) is 6.05. The zero-order chi connectivity index (χ0) is 13.8. The first-order chi connectivity index (χ1) is 9.09. The number of hydrogen-bond acceptors (Lipinski definition) is 4. The number of H-pyrrole nitrogens is 1. The zero-order valence-electron chi connectivity index (χ0n) is 11.1. The molecule has 0 fully saturated rings. The first kappa shape index (κ1) is 13.1. The Morgan fingerprint density at radius 2 is 2.26 bits per heavy atom. The molecule has 2 aromatic heterocycles. The van der Waals surface area contributed by atoms with Crippen molar-refractivity contribution in [1.29, 1.82) is 0 Å². The number of likely N-dealkylation sites (N-methyl/N-ethyl adjacent to an activating group) is 1. The van der Waals surface area contributed by atoms with Crippen molar-refractivity contribution in [2.75, 3.05) is 19.3 Å². The number of nitrogens with two attached hydrogens (primary N) is 1. The second kappa shape index (κ2) is 5.51. The largest absolute Gasteiger partial charge is 0.395 e. The number of hydrogen-bond donors (Lipinski definition) is 2. The lowest BCUT2D eigenvalue weighted by atomic mass is 10.2. The van der Waals surface area contributed by atoms with Gasteiger partial charge in [-0.05, 0) is 19.1 Å². The van der Waals surface area contributed by atoms with Gasteiger partial charge in [0.1, 0.15) is 0 Å². The summed E-state index contributed by atoms with van der Waals surface area (Å²) in [6.07, 6.45) is 2.44. The van der Waals surface area contributed by atoms with E-state index < -0.39 is 0 Å². The summed E-state index contributed by atoms with van der Waals surface area (Å²) in [5.74, 6) is -0.183. The molecule has 0 aliphatic heterocycles. The molecule has 0 saturated heterocycles. The van der Waals surface area contributed by atoms with Gasteiger partial charge >= 0.3 is 0 Å². The Morgan fingerprint density at radius 1 is 1.47 bits per heavy atom. The molecule has 0 radical (unpaired) electrons. The van der Waals surface area contributed by atoms with E-state index in [1.807, 2.05) is 18.2 Å². The number of nitrogens with one attached hydrogen (secondary N) is 1. The summed E-state index contributed by atoms with van der Waals surface area (Å²) in [6.45, 7) is 2.36. The van der Waals surface area contributed by atoms with Gasteiger partial charge in [0.05, 0.1) is 11.4 Å². The predicted octanol–water partition coefficient (Wildman–Crippen LogP) is 1.01. The van der Waals surface area contributed by atoms with Crippen LogP contribution >= 0.6 is 0 Å². The second-order valence-electron chi connectivity index (χ2n) is 4.41. The van der Waals surface area contributed by atoms with Crippen molar-refractivity contribution in [2.24, 2.45) is 0 Å². The highest BCUT2D eigenvalue weighted by atomic mass is 16.2. The van der Waals surface area contributed by atoms with E-state index in [2.05, 4.69) is 15.2 Å². The maximum atomic E-state index is 12.1. The highest BCUT2D eigenvalue weighted by molar-refractivity contribution is 5.97. The Bertz CT molecular complexity index is 564.